The Morgan fingerprint density at radius 1 is 1.09 bits per heavy atom. The van der Waals surface area contributed by atoms with Gasteiger partial charge in [-0.15, -0.1) is 16.1 Å². The average Bonchev–Trinajstić information content (AvgIpc) is 3.55. The highest BCUT2D eigenvalue weighted by Crippen LogP contribution is 2.38. The minimum absolute atomic E-state index is 0.375. The van der Waals surface area contributed by atoms with E-state index in [0.717, 1.165) is 36.3 Å². The van der Waals surface area contributed by atoms with Crippen LogP contribution in [0.2, 0.25) is 0 Å². The van der Waals surface area contributed by atoms with Crippen molar-refractivity contribution in [3.63, 3.8) is 0 Å². The van der Waals surface area contributed by atoms with E-state index in [-0.39, 0.29) is 6.04 Å². The summed E-state index contributed by atoms with van der Waals surface area (Å²) in [6.07, 6.45) is 10.7. The van der Waals surface area contributed by atoms with Crippen LogP contribution in [0.1, 0.15) is 91.3 Å². The van der Waals surface area contributed by atoms with Gasteiger partial charge in [0.25, 0.3) is 0 Å². The molecule has 0 spiro atoms. The number of aryl methyl sites for hydroxylation is 2. The Morgan fingerprint density at radius 2 is 1.74 bits per heavy atom. The number of rotatable bonds is 6. The van der Waals surface area contributed by atoms with Crippen LogP contribution in [0.3, 0.4) is 0 Å². The number of thiazole rings is 1. The minimum atomic E-state index is -1.30. The lowest BCUT2D eigenvalue weighted by Crippen LogP contribution is -2.41. The molecule has 1 unspecified atom stereocenters. The van der Waals surface area contributed by atoms with Crippen molar-refractivity contribution in [1.82, 2.24) is 19.5 Å². The third-order valence-electron chi connectivity index (χ3n) is 6.69. The fraction of sp³-hybridized carbons (Fsp3) is 0.538. The summed E-state index contributed by atoms with van der Waals surface area (Å²) in [5.41, 5.74) is 6.90. The molecule has 0 radical (unpaired) electrons. The molecule has 2 heterocycles. The lowest BCUT2D eigenvalue weighted by atomic mass is 9.99. The second-order valence-corrected chi connectivity index (χ2v) is 14.0. The van der Waals surface area contributed by atoms with Crippen molar-refractivity contribution in [3.05, 3.63) is 62.4 Å². The van der Waals surface area contributed by atoms with E-state index in [9.17, 15) is 9.66 Å². The first kappa shape index (κ1) is 24.0. The molecule has 0 saturated carbocycles. The van der Waals surface area contributed by atoms with Crippen LogP contribution in [0, 0.1) is 0 Å². The van der Waals surface area contributed by atoms with Crippen molar-refractivity contribution in [2.24, 2.45) is 0 Å². The molecular weight excluding hydrogens is 464 g/mol. The lowest BCUT2D eigenvalue weighted by Gasteiger charge is -2.26. The molecule has 2 atom stereocenters. The van der Waals surface area contributed by atoms with E-state index in [1.165, 1.54) is 52.1 Å². The van der Waals surface area contributed by atoms with Gasteiger partial charge in [-0.1, -0.05) is 6.07 Å². The van der Waals surface area contributed by atoms with Crippen LogP contribution < -0.4 is 4.72 Å². The van der Waals surface area contributed by atoms with E-state index in [0.29, 0.717) is 5.01 Å². The van der Waals surface area contributed by atoms with Gasteiger partial charge in [-0.05, 0) is 101 Å². The van der Waals surface area contributed by atoms with Gasteiger partial charge in [0.05, 0.1) is 16.3 Å². The molecule has 2 aliphatic rings. The van der Waals surface area contributed by atoms with Gasteiger partial charge in [0, 0.05) is 23.8 Å². The molecule has 0 saturated heterocycles. The fourth-order valence-corrected chi connectivity index (χ4v) is 6.80. The molecule has 34 heavy (non-hydrogen) atoms. The first-order chi connectivity index (χ1) is 16.0. The van der Waals surface area contributed by atoms with E-state index >= 15 is 0 Å². The van der Waals surface area contributed by atoms with Crippen molar-refractivity contribution in [2.75, 3.05) is 0 Å². The van der Waals surface area contributed by atoms with Gasteiger partial charge < -0.3 is 9.66 Å². The highest BCUT2D eigenvalue weighted by Gasteiger charge is 2.34. The Balaban J connectivity index is 1.56. The molecule has 8 heteroatoms. The molecule has 0 amide bonds. The van der Waals surface area contributed by atoms with E-state index < -0.39 is 21.7 Å². The summed E-state index contributed by atoms with van der Waals surface area (Å²) in [7, 11) is 0. The first-order valence-electron chi connectivity index (χ1n) is 12.1. The zero-order valence-electron chi connectivity index (χ0n) is 20.6. The van der Waals surface area contributed by atoms with Gasteiger partial charge in [-0.25, -0.2) is 9.67 Å². The van der Waals surface area contributed by atoms with Crippen molar-refractivity contribution in [1.29, 1.82) is 0 Å². The van der Waals surface area contributed by atoms with Gasteiger partial charge >= 0.3 is 0 Å². The summed E-state index contributed by atoms with van der Waals surface area (Å²) in [6, 6.07) is 4.08. The molecule has 2 N–H and O–H groups in total. The number of nitrogens with one attached hydrogen (secondary N) is 1. The number of nitrogens with zero attached hydrogens (tertiary/aromatic N) is 3. The molecular formula is C26H34N4O2S2. The number of aromatic nitrogens is 3. The third-order valence-corrected chi connectivity index (χ3v) is 9.63. The molecule has 5 rings (SSSR count). The average molecular weight is 499 g/mol. The lowest BCUT2D eigenvalue weighted by molar-refractivity contribution is 0.0783. The molecule has 3 aromatic rings. The summed E-state index contributed by atoms with van der Waals surface area (Å²) in [6.45, 7) is 9.33. The largest absolute Gasteiger partial charge is 0.598 e. The molecule has 2 aromatic heterocycles. The minimum Gasteiger partial charge on any atom is -0.598 e. The van der Waals surface area contributed by atoms with Crippen LogP contribution in [-0.4, -0.2) is 29.2 Å². The topological polar surface area (TPSA) is 86.0 Å². The summed E-state index contributed by atoms with van der Waals surface area (Å²) < 4.78 is 18.0. The maximum atomic E-state index is 13.1. The van der Waals surface area contributed by atoms with Gasteiger partial charge in [-0.2, -0.15) is 5.10 Å². The van der Waals surface area contributed by atoms with Crippen LogP contribution >= 0.6 is 11.3 Å². The maximum absolute atomic E-state index is 13.1. The highest BCUT2D eigenvalue weighted by atomic mass is 32.2. The summed E-state index contributed by atoms with van der Waals surface area (Å²) in [5, 5.41) is 16.1. The van der Waals surface area contributed by atoms with Crippen LogP contribution in [-0.2, 0) is 42.6 Å². The quantitative estimate of drug-likeness (QED) is 0.482. The van der Waals surface area contributed by atoms with Crippen LogP contribution in [0.4, 0.5) is 0 Å². The standard InChI is InChI=1S/C26H34N4O2S2/c1-25(2,3)34(32)29-22(21-15-27-24(33-21)26(4,5)31)20-12-13-30(28-20)23-18-10-6-8-16(18)14-17-9-7-11-19(17)23/h12-15,22,29,31H,6-11H2,1-5H3/t22-,34?/m0/s1. The van der Waals surface area contributed by atoms with Gasteiger partial charge in [0.15, 0.2) is 0 Å². The Bertz CT molecular complexity index is 1170. The Morgan fingerprint density at radius 3 is 2.29 bits per heavy atom. The number of hydrogen-bond acceptors (Lipinski definition) is 6. The van der Waals surface area contributed by atoms with E-state index in [2.05, 4.69) is 26.7 Å². The fourth-order valence-electron chi connectivity index (χ4n) is 4.93. The third kappa shape index (κ3) is 4.46. The summed E-state index contributed by atoms with van der Waals surface area (Å²) in [5.74, 6) is 0. The van der Waals surface area contributed by atoms with Crippen LogP contribution in [0.5, 0.6) is 0 Å². The molecule has 182 valence electrons. The molecule has 2 aliphatic carbocycles. The predicted octanol–water partition coefficient (Wildman–Crippen LogP) is 4.67. The highest BCUT2D eigenvalue weighted by molar-refractivity contribution is 7.90. The van der Waals surface area contributed by atoms with E-state index in [1.807, 2.05) is 26.8 Å². The molecule has 0 aliphatic heterocycles. The zero-order chi connectivity index (χ0) is 24.3. The van der Waals surface area contributed by atoms with E-state index in [4.69, 9.17) is 5.10 Å². The molecule has 0 fully saturated rings. The normalized spacial score (nSPS) is 17.6. The Hall–Kier alpha value is -1.71. The van der Waals surface area contributed by atoms with Crippen molar-refractivity contribution < 1.29 is 9.66 Å². The molecule has 6 nitrogen and oxygen atoms in total. The van der Waals surface area contributed by atoms with Crippen LogP contribution in [0.15, 0.2) is 24.5 Å². The van der Waals surface area contributed by atoms with Gasteiger partial charge in [0.2, 0.25) is 0 Å². The number of hydrogen-bond donors (Lipinski definition) is 2. The number of aliphatic hydroxyl groups is 1. The number of fused-ring (bicyclic) bond motifs is 2. The van der Waals surface area contributed by atoms with Crippen molar-refractivity contribution in [3.8, 4) is 5.69 Å². The smallest absolute Gasteiger partial charge is 0.136 e. The van der Waals surface area contributed by atoms with Crippen LogP contribution in [0.25, 0.3) is 5.69 Å². The van der Waals surface area contributed by atoms with Crippen molar-refractivity contribution in [2.45, 2.75) is 89.5 Å². The number of benzene rings is 1. The monoisotopic (exact) mass is 498 g/mol. The SMILES string of the molecule is CC(C)(O)c1ncc([C@@H](N[S+]([O-])C(C)(C)C)c2ccn(-c3c4c(cc5c3CCC5)CCC4)n2)s1. The Kier molecular flexibility index (Phi) is 6.18. The summed E-state index contributed by atoms with van der Waals surface area (Å²) >= 11 is 0.136. The Labute approximate surface area is 209 Å². The van der Waals surface area contributed by atoms with E-state index in [1.54, 1.807) is 20.0 Å². The molecule has 0 bridgehead atoms. The zero-order valence-corrected chi connectivity index (χ0v) is 22.3. The second-order valence-electron chi connectivity index (χ2n) is 11.0. The predicted molar refractivity (Wildman–Crippen MR) is 138 cm³/mol. The first-order valence-corrected chi connectivity index (χ1v) is 14.1. The van der Waals surface area contributed by atoms with Gasteiger partial charge in [-0.3, -0.25) is 0 Å². The second kappa shape index (κ2) is 8.75. The molecule has 1 aromatic carbocycles. The van der Waals surface area contributed by atoms with Gasteiger partial charge in [0.1, 0.15) is 21.4 Å². The maximum Gasteiger partial charge on any atom is 0.136 e. The summed E-state index contributed by atoms with van der Waals surface area (Å²) in [4.78, 5) is 5.35. The van der Waals surface area contributed by atoms with Crippen molar-refractivity contribution >= 4 is 22.7 Å².